The lowest BCUT2D eigenvalue weighted by atomic mass is 10.0. The molecule has 1 rings (SSSR count). The number of carbonyl (C=O) groups is 2. The van der Waals surface area contributed by atoms with E-state index in [2.05, 4.69) is 31.4 Å². The van der Waals surface area contributed by atoms with Crippen molar-refractivity contribution in [2.24, 2.45) is 0 Å². The molecule has 1 unspecified atom stereocenters. The van der Waals surface area contributed by atoms with E-state index in [1.54, 1.807) is 12.1 Å². The molecule has 0 aromatic heterocycles. The highest BCUT2D eigenvalue weighted by molar-refractivity contribution is 6.00. The number of rotatable bonds is 13. The Labute approximate surface area is 169 Å². The van der Waals surface area contributed by atoms with Crippen LogP contribution in [0.1, 0.15) is 72.7 Å². The van der Waals surface area contributed by atoms with Crippen LogP contribution in [0.5, 0.6) is 0 Å². The van der Waals surface area contributed by atoms with Gasteiger partial charge in [-0.2, -0.15) is 0 Å². The van der Waals surface area contributed by atoms with Crippen molar-refractivity contribution < 1.29 is 14.7 Å². The minimum atomic E-state index is -0.488. The fraction of sp³-hybridized carbons (Fsp3) is 0.636. The van der Waals surface area contributed by atoms with Gasteiger partial charge in [-0.15, -0.1) is 0 Å². The van der Waals surface area contributed by atoms with Crippen LogP contribution in [0.4, 0.5) is 0 Å². The summed E-state index contributed by atoms with van der Waals surface area (Å²) in [6.45, 7) is 11.3. The van der Waals surface area contributed by atoms with E-state index in [0.717, 1.165) is 31.4 Å². The van der Waals surface area contributed by atoms with Crippen LogP contribution in [0.3, 0.4) is 0 Å². The second kappa shape index (κ2) is 13.3. The van der Waals surface area contributed by atoms with Crippen molar-refractivity contribution >= 4 is 11.8 Å². The zero-order valence-corrected chi connectivity index (χ0v) is 17.9. The van der Waals surface area contributed by atoms with E-state index >= 15 is 0 Å². The predicted octanol–water partition coefficient (Wildman–Crippen LogP) is 2.74. The normalized spacial score (nSPS) is 11.9. The van der Waals surface area contributed by atoms with Crippen molar-refractivity contribution in [1.29, 1.82) is 0 Å². The van der Waals surface area contributed by atoms with Gasteiger partial charge in [0.15, 0.2) is 0 Å². The molecule has 1 aromatic rings. The minimum Gasteiger partial charge on any atom is -0.392 e. The molecule has 0 heterocycles. The van der Waals surface area contributed by atoms with E-state index in [4.69, 9.17) is 0 Å². The molecule has 6 nitrogen and oxygen atoms in total. The van der Waals surface area contributed by atoms with E-state index in [9.17, 15) is 14.7 Å². The molecule has 0 fully saturated rings. The lowest BCUT2D eigenvalue weighted by Crippen LogP contribution is -2.33. The molecule has 6 heteroatoms. The van der Waals surface area contributed by atoms with E-state index in [-0.39, 0.29) is 11.8 Å². The summed E-state index contributed by atoms with van der Waals surface area (Å²) in [6, 6.07) is 5.29. The van der Waals surface area contributed by atoms with Crippen molar-refractivity contribution in [2.75, 3.05) is 32.7 Å². The molecule has 0 aliphatic carbocycles. The average Bonchev–Trinajstić information content (AvgIpc) is 2.67. The van der Waals surface area contributed by atoms with Gasteiger partial charge in [0.1, 0.15) is 0 Å². The van der Waals surface area contributed by atoms with Gasteiger partial charge < -0.3 is 20.6 Å². The van der Waals surface area contributed by atoms with Gasteiger partial charge in [0.2, 0.25) is 0 Å². The molecule has 1 aromatic carbocycles. The van der Waals surface area contributed by atoms with Crippen LogP contribution in [0.2, 0.25) is 0 Å². The molecule has 0 saturated carbocycles. The number of nitrogens with zero attached hydrogens (tertiary/aromatic N) is 1. The molecule has 1 atom stereocenters. The van der Waals surface area contributed by atoms with E-state index < -0.39 is 6.10 Å². The number of benzene rings is 1. The molecule has 0 aliphatic heterocycles. The van der Waals surface area contributed by atoms with Crippen molar-refractivity contribution in [1.82, 2.24) is 15.5 Å². The molecule has 0 radical (unpaired) electrons. The second-order valence-electron chi connectivity index (χ2n) is 7.28. The van der Waals surface area contributed by atoms with Crippen LogP contribution in [0, 0.1) is 6.92 Å². The van der Waals surface area contributed by atoms with Crippen LogP contribution >= 0.6 is 0 Å². The smallest absolute Gasteiger partial charge is 0.253 e. The minimum absolute atomic E-state index is 0.0288. The maximum atomic E-state index is 12.8. The predicted molar refractivity (Wildman–Crippen MR) is 114 cm³/mol. The van der Waals surface area contributed by atoms with Gasteiger partial charge in [0.25, 0.3) is 11.8 Å². The van der Waals surface area contributed by atoms with Crippen LogP contribution in [-0.2, 0) is 0 Å². The first-order chi connectivity index (χ1) is 13.4. The fourth-order valence-corrected chi connectivity index (χ4v) is 3.08. The number of hydrogen-bond acceptors (Lipinski definition) is 4. The third kappa shape index (κ3) is 8.40. The summed E-state index contributed by atoms with van der Waals surface area (Å²) in [4.78, 5) is 27.2. The Morgan fingerprint density at radius 1 is 1.00 bits per heavy atom. The summed E-state index contributed by atoms with van der Waals surface area (Å²) in [5.74, 6) is -0.247. The van der Waals surface area contributed by atoms with Crippen LogP contribution in [-0.4, -0.2) is 60.6 Å². The third-order valence-corrected chi connectivity index (χ3v) is 4.43. The Hall–Kier alpha value is -1.92. The summed E-state index contributed by atoms with van der Waals surface area (Å²) in [5.41, 5.74) is 1.92. The van der Waals surface area contributed by atoms with Crippen molar-refractivity contribution in [3.05, 3.63) is 34.9 Å². The van der Waals surface area contributed by atoms with E-state index in [1.807, 2.05) is 17.9 Å². The molecule has 0 saturated heterocycles. The summed E-state index contributed by atoms with van der Waals surface area (Å²) >= 11 is 0. The molecular weight excluding hydrogens is 354 g/mol. The first kappa shape index (κ1) is 24.1. The van der Waals surface area contributed by atoms with Crippen molar-refractivity contribution in [2.45, 2.75) is 59.5 Å². The number of aliphatic hydroxyl groups excluding tert-OH is 1. The second-order valence-corrected chi connectivity index (χ2v) is 7.28. The van der Waals surface area contributed by atoms with Gasteiger partial charge in [-0.05, 0) is 62.9 Å². The zero-order chi connectivity index (χ0) is 20.9. The molecule has 0 spiro atoms. The molecule has 158 valence electrons. The standard InChI is InChI=1S/C22H37N3O3/c1-5-9-23-16-20(26)8-10-24-21(27)18-13-17(4)14-19(15-18)22(28)25(11-6-2)12-7-3/h13-15,20,23,26H,5-12,16H2,1-4H3,(H,24,27). The maximum Gasteiger partial charge on any atom is 0.253 e. The molecular formula is C22H37N3O3. The van der Waals surface area contributed by atoms with Gasteiger partial charge in [0.05, 0.1) is 6.10 Å². The first-order valence-corrected chi connectivity index (χ1v) is 10.5. The molecule has 2 amide bonds. The highest BCUT2D eigenvalue weighted by Crippen LogP contribution is 2.13. The lowest BCUT2D eigenvalue weighted by molar-refractivity contribution is 0.0755. The van der Waals surface area contributed by atoms with Gasteiger partial charge in [-0.1, -0.05) is 20.8 Å². The number of carbonyl (C=O) groups excluding carboxylic acids is 2. The monoisotopic (exact) mass is 391 g/mol. The SMILES string of the molecule is CCCNCC(O)CCNC(=O)c1cc(C)cc(C(=O)N(CCC)CCC)c1. The number of aryl methyl sites for hydroxylation is 1. The Morgan fingerprint density at radius 3 is 2.25 bits per heavy atom. The number of aliphatic hydroxyl groups is 1. The number of nitrogens with one attached hydrogen (secondary N) is 2. The molecule has 28 heavy (non-hydrogen) atoms. The summed E-state index contributed by atoms with van der Waals surface area (Å²) in [6.07, 6.45) is 2.82. The summed E-state index contributed by atoms with van der Waals surface area (Å²) in [7, 11) is 0. The van der Waals surface area contributed by atoms with Crippen molar-refractivity contribution in [3.8, 4) is 0 Å². The highest BCUT2D eigenvalue weighted by Gasteiger charge is 2.17. The third-order valence-electron chi connectivity index (χ3n) is 4.43. The fourth-order valence-electron chi connectivity index (χ4n) is 3.08. The average molecular weight is 392 g/mol. The van der Waals surface area contributed by atoms with Crippen LogP contribution in [0.25, 0.3) is 0 Å². The van der Waals surface area contributed by atoms with Gasteiger partial charge in [0, 0.05) is 37.3 Å². The number of hydrogen-bond donors (Lipinski definition) is 3. The van der Waals surface area contributed by atoms with Gasteiger partial charge in [-0.25, -0.2) is 0 Å². The first-order valence-electron chi connectivity index (χ1n) is 10.5. The lowest BCUT2D eigenvalue weighted by Gasteiger charge is -2.22. The van der Waals surface area contributed by atoms with Crippen LogP contribution in [0.15, 0.2) is 18.2 Å². The molecule has 0 aliphatic rings. The van der Waals surface area contributed by atoms with Gasteiger partial charge in [-0.3, -0.25) is 9.59 Å². The van der Waals surface area contributed by atoms with Crippen LogP contribution < -0.4 is 10.6 Å². The molecule has 0 bridgehead atoms. The van der Waals surface area contributed by atoms with Crippen molar-refractivity contribution in [3.63, 3.8) is 0 Å². The maximum absolute atomic E-state index is 12.8. The highest BCUT2D eigenvalue weighted by atomic mass is 16.3. The zero-order valence-electron chi connectivity index (χ0n) is 17.9. The Morgan fingerprint density at radius 2 is 1.64 bits per heavy atom. The molecule has 3 N–H and O–H groups in total. The summed E-state index contributed by atoms with van der Waals surface area (Å²) in [5, 5.41) is 15.9. The Kier molecular flexibility index (Phi) is 11.4. The van der Waals surface area contributed by atoms with Gasteiger partial charge >= 0.3 is 0 Å². The van der Waals surface area contributed by atoms with E-state index in [0.29, 0.717) is 43.7 Å². The Bertz CT molecular complexity index is 613. The topological polar surface area (TPSA) is 81.7 Å². The largest absolute Gasteiger partial charge is 0.392 e. The quantitative estimate of drug-likeness (QED) is 0.452. The summed E-state index contributed by atoms with van der Waals surface area (Å²) < 4.78 is 0. The number of amides is 2. The Balaban J connectivity index is 2.70. The van der Waals surface area contributed by atoms with E-state index in [1.165, 1.54) is 0 Å².